The zero-order valence-electron chi connectivity index (χ0n) is 8.39. The van der Waals surface area contributed by atoms with Gasteiger partial charge in [-0.25, -0.2) is 0 Å². The average Bonchev–Trinajstić information content (AvgIpc) is 2.74. The van der Waals surface area contributed by atoms with Crippen molar-refractivity contribution < 1.29 is 0 Å². The van der Waals surface area contributed by atoms with E-state index in [-0.39, 0.29) is 18.4 Å². The number of benzene rings is 1. The van der Waals surface area contributed by atoms with Crippen molar-refractivity contribution in [2.45, 2.75) is 6.04 Å². The Morgan fingerprint density at radius 2 is 2.00 bits per heavy atom. The first-order valence-electron chi connectivity index (χ1n) is 4.52. The summed E-state index contributed by atoms with van der Waals surface area (Å²) >= 11 is 7.53. The van der Waals surface area contributed by atoms with Crippen LogP contribution in [0, 0.1) is 0 Å². The van der Waals surface area contributed by atoms with Crippen molar-refractivity contribution in [1.82, 2.24) is 0 Å². The monoisotopic (exact) mass is 274 g/mol. The molecule has 1 atom stereocenters. The molecule has 0 amide bonds. The second kappa shape index (κ2) is 5.55. The summed E-state index contributed by atoms with van der Waals surface area (Å²) in [5.41, 5.74) is 13.5. The van der Waals surface area contributed by atoms with Crippen LogP contribution in [0.1, 0.15) is 16.5 Å². The van der Waals surface area contributed by atoms with E-state index in [1.807, 2.05) is 23.6 Å². The van der Waals surface area contributed by atoms with E-state index in [1.165, 1.54) is 0 Å². The van der Waals surface area contributed by atoms with Crippen molar-refractivity contribution in [2.75, 3.05) is 5.73 Å². The molecule has 0 fully saturated rings. The lowest BCUT2D eigenvalue weighted by Gasteiger charge is -2.13. The van der Waals surface area contributed by atoms with Crippen LogP contribution in [0.25, 0.3) is 0 Å². The molecular weight excluding hydrogens is 263 g/mol. The van der Waals surface area contributed by atoms with Gasteiger partial charge in [-0.2, -0.15) is 0 Å². The van der Waals surface area contributed by atoms with Gasteiger partial charge in [-0.1, -0.05) is 17.7 Å². The van der Waals surface area contributed by atoms with Gasteiger partial charge in [0.25, 0.3) is 0 Å². The molecule has 0 bridgehead atoms. The Kier molecular flexibility index (Phi) is 4.62. The lowest BCUT2D eigenvalue weighted by atomic mass is 10.0. The third kappa shape index (κ3) is 2.68. The molecule has 0 saturated carbocycles. The van der Waals surface area contributed by atoms with Gasteiger partial charge in [-0.3, -0.25) is 0 Å². The van der Waals surface area contributed by atoms with Gasteiger partial charge in [-0.05, 0) is 35.2 Å². The summed E-state index contributed by atoms with van der Waals surface area (Å²) in [5, 5.41) is 2.65. The van der Waals surface area contributed by atoms with Crippen LogP contribution in [-0.2, 0) is 0 Å². The quantitative estimate of drug-likeness (QED) is 0.825. The van der Waals surface area contributed by atoms with Gasteiger partial charge in [0.05, 0.1) is 6.04 Å². The Balaban J connectivity index is 0.00000128. The van der Waals surface area contributed by atoms with Crippen molar-refractivity contribution in [1.29, 1.82) is 0 Å². The van der Waals surface area contributed by atoms with Crippen molar-refractivity contribution in [3.8, 4) is 0 Å². The first-order chi connectivity index (χ1) is 7.18. The van der Waals surface area contributed by atoms with Crippen LogP contribution in [0.4, 0.5) is 5.69 Å². The summed E-state index contributed by atoms with van der Waals surface area (Å²) in [6.07, 6.45) is 0. The highest BCUT2D eigenvalue weighted by Gasteiger charge is 2.13. The summed E-state index contributed by atoms with van der Waals surface area (Å²) in [7, 11) is 0. The minimum Gasteiger partial charge on any atom is -0.398 e. The summed E-state index contributed by atoms with van der Waals surface area (Å²) in [4.78, 5) is 1.09. The minimum absolute atomic E-state index is 0. The zero-order chi connectivity index (χ0) is 10.8. The third-order valence-electron chi connectivity index (χ3n) is 2.23. The van der Waals surface area contributed by atoms with Crippen LogP contribution in [0.5, 0.6) is 0 Å². The molecule has 0 aliphatic rings. The molecule has 2 rings (SSSR count). The number of thiophene rings is 1. The number of hydrogen-bond acceptors (Lipinski definition) is 3. The minimum atomic E-state index is -0.191. The molecule has 86 valence electrons. The first-order valence-corrected chi connectivity index (χ1v) is 5.78. The fourth-order valence-electron chi connectivity index (χ4n) is 1.44. The molecule has 5 heteroatoms. The van der Waals surface area contributed by atoms with Crippen LogP contribution in [-0.4, -0.2) is 0 Å². The fraction of sp³-hybridized carbons (Fsp3) is 0.0909. The second-order valence-electron chi connectivity index (χ2n) is 3.27. The Morgan fingerprint density at radius 1 is 1.25 bits per heavy atom. The van der Waals surface area contributed by atoms with Crippen LogP contribution >= 0.6 is 35.3 Å². The predicted octanol–water partition coefficient (Wildman–Crippen LogP) is 3.45. The third-order valence-corrected chi connectivity index (χ3v) is 3.42. The molecule has 1 aromatic carbocycles. The summed E-state index contributed by atoms with van der Waals surface area (Å²) < 4.78 is 0. The standard InChI is InChI=1S/C11H11ClN2S.ClH/c12-7-3-4-9(13)8(6-7)11(14)10-2-1-5-15-10;/h1-6,11H,13-14H2;1H/t11-;/m0./s1. The molecule has 2 nitrogen and oxygen atoms in total. The number of hydrogen-bond donors (Lipinski definition) is 2. The number of nitrogens with two attached hydrogens (primary N) is 2. The molecule has 2 aromatic rings. The summed E-state index contributed by atoms with van der Waals surface area (Å²) in [6.45, 7) is 0. The second-order valence-corrected chi connectivity index (χ2v) is 4.68. The molecule has 0 aliphatic carbocycles. The predicted molar refractivity (Wildman–Crippen MR) is 73.5 cm³/mol. The van der Waals surface area contributed by atoms with E-state index in [0.29, 0.717) is 10.7 Å². The van der Waals surface area contributed by atoms with E-state index in [1.54, 1.807) is 23.5 Å². The molecular formula is C11H12Cl2N2S. The average molecular weight is 275 g/mol. The van der Waals surface area contributed by atoms with Crippen LogP contribution < -0.4 is 11.5 Å². The van der Waals surface area contributed by atoms with E-state index in [0.717, 1.165) is 10.4 Å². The maximum atomic E-state index is 6.10. The Labute approximate surface area is 110 Å². The Bertz CT molecular complexity index is 457. The molecule has 4 N–H and O–H groups in total. The van der Waals surface area contributed by atoms with Crippen molar-refractivity contribution in [3.05, 3.63) is 51.2 Å². The topological polar surface area (TPSA) is 52.0 Å². The van der Waals surface area contributed by atoms with Crippen molar-refractivity contribution >= 4 is 41.0 Å². The van der Waals surface area contributed by atoms with Crippen molar-refractivity contribution in [3.63, 3.8) is 0 Å². The van der Waals surface area contributed by atoms with E-state index in [4.69, 9.17) is 23.1 Å². The van der Waals surface area contributed by atoms with Gasteiger partial charge in [0.1, 0.15) is 0 Å². The largest absolute Gasteiger partial charge is 0.398 e. The number of nitrogen functional groups attached to an aromatic ring is 1. The molecule has 0 saturated heterocycles. The molecule has 0 radical (unpaired) electrons. The van der Waals surface area contributed by atoms with Gasteiger partial charge >= 0.3 is 0 Å². The zero-order valence-corrected chi connectivity index (χ0v) is 10.8. The Hall–Kier alpha value is -0.740. The normalized spacial score (nSPS) is 11.9. The van der Waals surface area contributed by atoms with E-state index in [9.17, 15) is 0 Å². The maximum Gasteiger partial charge on any atom is 0.0666 e. The van der Waals surface area contributed by atoms with Gasteiger partial charge in [0, 0.05) is 15.6 Å². The number of anilines is 1. The Morgan fingerprint density at radius 3 is 2.62 bits per heavy atom. The maximum absolute atomic E-state index is 6.10. The van der Waals surface area contributed by atoms with Gasteiger partial charge < -0.3 is 11.5 Å². The smallest absolute Gasteiger partial charge is 0.0666 e. The fourth-order valence-corrected chi connectivity index (χ4v) is 2.36. The summed E-state index contributed by atoms with van der Waals surface area (Å²) in [5.74, 6) is 0. The molecule has 0 unspecified atom stereocenters. The molecule has 1 aromatic heterocycles. The lowest BCUT2D eigenvalue weighted by molar-refractivity contribution is 0.897. The first kappa shape index (κ1) is 13.3. The summed E-state index contributed by atoms with van der Waals surface area (Å²) in [6, 6.07) is 9.15. The van der Waals surface area contributed by atoms with E-state index >= 15 is 0 Å². The lowest BCUT2D eigenvalue weighted by Crippen LogP contribution is -2.12. The molecule has 1 heterocycles. The SMILES string of the molecule is Cl.Nc1ccc(Cl)cc1[C@H](N)c1cccs1. The molecule has 0 spiro atoms. The van der Waals surface area contributed by atoms with E-state index in [2.05, 4.69) is 0 Å². The molecule has 16 heavy (non-hydrogen) atoms. The highest BCUT2D eigenvalue weighted by atomic mass is 35.5. The van der Waals surface area contributed by atoms with Gasteiger partial charge in [0.2, 0.25) is 0 Å². The number of halogens is 2. The number of rotatable bonds is 2. The van der Waals surface area contributed by atoms with Crippen LogP contribution in [0.3, 0.4) is 0 Å². The highest BCUT2D eigenvalue weighted by Crippen LogP contribution is 2.29. The van der Waals surface area contributed by atoms with Gasteiger partial charge in [0.15, 0.2) is 0 Å². The highest BCUT2D eigenvalue weighted by molar-refractivity contribution is 7.10. The van der Waals surface area contributed by atoms with Crippen LogP contribution in [0.2, 0.25) is 5.02 Å². The molecule has 0 aliphatic heterocycles. The van der Waals surface area contributed by atoms with Crippen LogP contribution in [0.15, 0.2) is 35.7 Å². The van der Waals surface area contributed by atoms with E-state index < -0.39 is 0 Å². The van der Waals surface area contributed by atoms with Crippen molar-refractivity contribution in [2.24, 2.45) is 5.73 Å². The van der Waals surface area contributed by atoms with Gasteiger partial charge in [-0.15, -0.1) is 23.7 Å².